The Hall–Kier alpha value is -1.68. The number of nitrogens with one attached hydrogen (secondary N) is 1. The number of amides is 1. The number of halogens is 3. The van der Waals surface area contributed by atoms with E-state index in [0.717, 1.165) is 0 Å². The largest absolute Gasteiger partial charge is 0.464 e. The van der Waals surface area contributed by atoms with Gasteiger partial charge in [-0.3, -0.25) is 0 Å². The lowest BCUT2D eigenvalue weighted by Crippen LogP contribution is -2.50. The van der Waals surface area contributed by atoms with Crippen molar-refractivity contribution < 1.29 is 37.4 Å². The number of hydrogen-bond donors (Lipinski definition) is 1. The van der Waals surface area contributed by atoms with Gasteiger partial charge in [0.1, 0.15) is 5.60 Å². The molecule has 0 unspecified atom stereocenters. The van der Waals surface area contributed by atoms with Gasteiger partial charge in [0.15, 0.2) is 0 Å². The average Bonchev–Trinajstić information content (AvgIpc) is 2.68. The Bertz CT molecular complexity index is 616. The van der Waals surface area contributed by atoms with Gasteiger partial charge < -0.3 is 24.4 Å². The zero-order valence-corrected chi connectivity index (χ0v) is 20.4. The van der Waals surface area contributed by atoms with Crippen LogP contribution in [0.2, 0.25) is 0 Å². The second-order valence-electron chi connectivity index (χ2n) is 8.59. The summed E-state index contributed by atoms with van der Waals surface area (Å²) in [5.41, 5.74) is -4.29. The fraction of sp³-hybridized carbons (Fsp3) is 0.857. The molecule has 8 nitrogen and oxygen atoms in total. The minimum Gasteiger partial charge on any atom is -0.464 e. The number of carbonyl (C=O) groups excluding carboxylic acids is 3. The fourth-order valence-corrected chi connectivity index (χ4v) is 3.12. The molecule has 0 aromatic heterocycles. The van der Waals surface area contributed by atoms with Gasteiger partial charge in [-0.1, -0.05) is 0 Å². The van der Waals surface area contributed by atoms with Crippen molar-refractivity contribution in [2.45, 2.75) is 77.2 Å². The maximum atomic E-state index is 14.3. The van der Waals surface area contributed by atoms with Crippen LogP contribution in [0, 0.1) is 0 Å². The third-order valence-corrected chi connectivity index (χ3v) is 4.89. The molecule has 0 atom stereocenters. The number of rotatable bonds is 4. The first-order valence-corrected chi connectivity index (χ1v) is 10.8. The van der Waals surface area contributed by atoms with E-state index in [4.69, 9.17) is 9.47 Å². The minimum absolute atomic E-state index is 0. The number of carbonyl (C=O) groups is 3. The van der Waals surface area contributed by atoms with E-state index < -0.39 is 35.0 Å². The van der Waals surface area contributed by atoms with Gasteiger partial charge in [-0.15, -0.1) is 12.4 Å². The summed E-state index contributed by atoms with van der Waals surface area (Å²) in [4.78, 5) is 35.8. The highest BCUT2D eigenvalue weighted by Gasteiger charge is 2.44. The van der Waals surface area contributed by atoms with Crippen molar-refractivity contribution in [1.29, 1.82) is 0 Å². The maximum Gasteiger partial charge on any atom is 0.410 e. The molecule has 0 saturated carbocycles. The molecule has 1 N–H and O–H groups in total. The number of esters is 2. The number of piperidine rings is 2. The van der Waals surface area contributed by atoms with Gasteiger partial charge >= 0.3 is 18.0 Å². The van der Waals surface area contributed by atoms with Gasteiger partial charge in [0, 0.05) is 38.8 Å². The molecule has 1 amide bonds. The van der Waals surface area contributed by atoms with Crippen molar-refractivity contribution in [3.05, 3.63) is 0 Å². The molecule has 32 heavy (non-hydrogen) atoms. The zero-order chi connectivity index (χ0) is 23.7. The first-order valence-electron chi connectivity index (χ1n) is 10.8. The molecule has 2 heterocycles. The molecule has 2 fully saturated rings. The molecule has 0 aromatic rings. The second kappa shape index (κ2) is 13.1. The molecule has 0 spiro atoms. The predicted molar refractivity (Wildman–Crippen MR) is 117 cm³/mol. The second-order valence-corrected chi connectivity index (χ2v) is 8.59. The van der Waals surface area contributed by atoms with Gasteiger partial charge in [0.05, 0.1) is 13.2 Å². The number of likely N-dealkylation sites (tertiary alicyclic amines) is 1. The van der Waals surface area contributed by atoms with Crippen LogP contribution in [0.15, 0.2) is 0 Å². The van der Waals surface area contributed by atoms with Gasteiger partial charge in [-0.05, 0) is 47.7 Å². The highest BCUT2D eigenvalue weighted by Crippen LogP contribution is 2.29. The highest BCUT2D eigenvalue weighted by molar-refractivity contribution is 5.85. The molecule has 0 bridgehead atoms. The fourth-order valence-electron chi connectivity index (χ4n) is 3.12. The summed E-state index contributed by atoms with van der Waals surface area (Å²) < 4.78 is 42.5. The van der Waals surface area contributed by atoms with Gasteiger partial charge in [0.2, 0.25) is 11.3 Å². The summed E-state index contributed by atoms with van der Waals surface area (Å²) >= 11 is 0. The third kappa shape index (κ3) is 9.44. The van der Waals surface area contributed by atoms with E-state index in [-0.39, 0.29) is 64.4 Å². The van der Waals surface area contributed by atoms with Crippen LogP contribution in [-0.2, 0) is 23.8 Å². The average molecular weight is 487 g/mol. The molecule has 2 saturated heterocycles. The topological polar surface area (TPSA) is 94.2 Å². The van der Waals surface area contributed by atoms with Crippen LogP contribution in [0.1, 0.15) is 60.3 Å². The number of ether oxygens (including phenoxy) is 3. The van der Waals surface area contributed by atoms with Gasteiger partial charge in [-0.25, -0.2) is 23.2 Å². The molecule has 188 valence electrons. The molecule has 2 aliphatic rings. The Kier molecular flexibility index (Phi) is 12.4. The lowest BCUT2D eigenvalue weighted by molar-refractivity contribution is -0.160. The number of alkyl halides is 2. The van der Waals surface area contributed by atoms with Crippen LogP contribution in [0.25, 0.3) is 0 Å². The lowest BCUT2D eigenvalue weighted by Gasteiger charge is -2.35. The molecule has 0 aromatic carbocycles. The first-order chi connectivity index (χ1) is 14.4. The molecule has 0 aliphatic carbocycles. The first kappa shape index (κ1) is 30.3. The van der Waals surface area contributed by atoms with E-state index in [1.165, 1.54) is 4.90 Å². The Balaban J connectivity index is 0.000000639. The van der Waals surface area contributed by atoms with Crippen molar-refractivity contribution >= 4 is 30.4 Å². The van der Waals surface area contributed by atoms with Crippen molar-refractivity contribution in [3.63, 3.8) is 0 Å². The summed E-state index contributed by atoms with van der Waals surface area (Å²) in [5.74, 6) is -1.54. The van der Waals surface area contributed by atoms with Gasteiger partial charge in [0.25, 0.3) is 0 Å². The Labute approximate surface area is 195 Å². The van der Waals surface area contributed by atoms with Crippen molar-refractivity contribution in [1.82, 2.24) is 10.2 Å². The van der Waals surface area contributed by atoms with Crippen LogP contribution < -0.4 is 5.32 Å². The summed E-state index contributed by atoms with van der Waals surface area (Å²) in [7, 11) is 0. The summed E-state index contributed by atoms with van der Waals surface area (Å²) in [6.07, 6.45) is -0.119. The van der Waals surface area contributed by atoms with Crippen molar-refractivity contribution in [2.75, 3.05) is 39.4 Å². The van der Waals surface area contributed by atoms with E-state index in [0.29, 0.717) is 13.1 Å². The van der Waals surface area contributed by atoms with E-state index in [1.54, 1.807) is 34.6 Å². The molecular formula is C21H37ClF2N2O6. The van der Waals surface area contributed by atoms with Crippen LogP contribution in [0.5, 0.6) is 0 Å². The van der Waals surface area contributed by atoms with E-state index in [1.807, 2.05) is 0 Å². The standard InChI is InChI=1S/C13H22FNO4.C8H14FNO2.ClH/c1-5-18-10(16)13(14)6-8-15(9-7-13)11(17)19-12(2,3)4;1-2-12-7(11)8(9)3-5-10-6-4-8;/h5-9H2,1-4H3;10H,2-6H2,1H3;1H. The normalized spacial score (nSPS) is 19.4. The summed E-state index contributed by atoms with van der Waals surface area (Å²) in [5, 5.41) is 2.99. The number of nitrogens with zero attached hydrogens (tertiary/aromatic N) is 1. The van der Waals surface area contributed by atoms with E-state index >= 15 is 0 Å². The predicted octanol–water partition coefficient (Wildman–Crippen LogP) is 3.35. The molecule has 2 aliphatic heterocycles. The van der Waals surface area contributed by atoms with Crippen molar-refractivity contribution in [3.8, 4) is 0 Å². The highest BCUT2D eigenvalue weighted by atomic mass is 35.5. The van der Waals surface area contributed by atoms with Crippen LogP contribution in [-0.4, -0.2) is 79.3 Å². The quantitative estimate of drug-likeness (QED) is 0.481. The Morgan fingerprint density at radius 1 is 0.875 bits per heavy atom. The number of hydrogen-bond acceptors (Lipinski definition) is 7. The van der Waals surface area contributed by atoms with E-state index in [9.17, 15) is 23.2 Å². The van der Waals surface area contributed by atoms with Crippen LogP contribution in [0.4, 0.5) is 13.6 Å². The molecule has 2 rings (SSSR count). The maximum absolute atomic E-state index is 14.3. The van der Waals surface area contributed by atoms with Gasteiger partial charge in [-0.2, -0.15) is 0 Å². The Morgan fingerprint density at radius 2 is 1.28 bits per heavy atom. The van der Waals surface area contributed by atoms with Crippen molar-refractivity contribution in [2.24, 2.45) is 0 Å². The summed E-state index contributed by atoms with van der Waals surface area (Å²) in [6, 6.07) is 0. The zero-order valence-electron chi connectivity index (χ0n) is 19.6. The Morgan fingerprint density at radius 3 is 1.66 bits per heavy atom. The van der Waals surface area contributed by atoms with Crippen LogP contribution >= 0.6 is 12.4 Å². The van der Waals surface area contributed by atoms with E-state index in [2.05, 4.69) is 10.1 Å². The monoisotopic (exact) mass is 486 g/mol. The lowest BCUT2D eigenvalue weighted by atomic mass is 9.93. The minimum atomic E-state index is -1.98. The molecular weight excluding hydrogens is 450 g/mol. The van der Waals surface area contributed by atoms with Crippen LogP contribution in [0.3, 0.4) is 0 Å². The molecule has 11 heteroatoms. The summed E-state index contributed by atoms with van der Waals surface area (Å²) in [6.45, 7) is 10.4. The SMILES string of the molecule is CCOC(=O)C1(F)CCN(C(=O)OC(C)(C)C)CC1.CCOC(=O)C1(F)CCNCC1.Cl. The molecule has 0 radical (unpaired) electrons. The third-order valence-electron chi connectivity index (χ3n) is 4.89. The smallest absolute Gasteiger partial charge is 0.410 e.